The number of amides is 1. The molecule has 1 aromatic carbocycles. The lowest BCUT2D eigenvalue weighted by Gasteiger charge is -2.07. The van der Waals surface area contributed by atoms with Crippen molar-refractivity contribution in [2.24, 2.45) is 0 Å². The number of hydrogen-bond donors (Lipinski definition) is 1. The van der Waals surface area contributed by atoms with Gasteiger partial charge in [0.15, 0.2) is 11.6 Å². The van der Waals surface area contributed by atoms with E-state index in [1.807, 2.05) is 13.0 Å². The van der Waals surface area contributed by atoms with Crippen LogP contribution in [0.4, 0.5) is 10.1 Å². The summed E-state index contributed by atoms with van der Waals surface area (Å²) in [5.74, 6) is -0.0801. The highest BCUT2D eigenvalue weighted by molar-refractivity contribution is 5.90. The van der Waals surface area contributed by atoms with Crippen molar-refractivity contribution in [3.63, 3.8) is 0 Å². The Hall–Kier alpha value is -2.43. The molecule has 1 heterocycles. The number of carbonyl (C=O) groups is 1. The average Bonchev–Trinajstić information content (AvgIpc) is 2.52. The second-order valence-electron chi connectivity index (χ2n) is 5.32. The summed E-state index contributed by atoms with van der Waals surface area (Å²) in [5.41, 5.74) is 1.64. The molecule has 0 saturated heterocycles. The van der Waals surface area contributed by atoms with Crippen LogP contribution < -0.4 is 10.1 Å². The maximum atomic E-state index is 13.3. The Kier molecular flexibility index (Phi) is 6.54. The van der Waals surface area contributed by atoms with Gasteiger partial charge in [-0.25, -0.2) is 4.39 Å². The molecular weight excluding hydrogens is 295 g/mol. The van der Waals surface area contributed by atoms with Gasteiger partial charge in [0.25, 0.3) is 0 Å². The molecule has 0 aliphatic rings. The first-order valence-electron chi connectivity index (χ1n) is 7.75. The van der Waals surface area contributed by atoms with Crippen molar-refractivity contribution in [2.75, 3.05) is 11.9 Å². The van der Waals surface area contributed by atoms with Gasteiger partial charge in [-0.05, 0) is 50.5 Å². The lowest BCUT2D eigenvalue weighted by Crippen LogP contribution is -2.11. The first-order chi connectivity index (χ1) is 11.1. The van der Waals surface area contributed by atoms with Gasteiger partial charge in [0.05, 0.1) is 6.61 Å². The van der Waals surface area contributed by atoms with E-state index in [-0.39, 0.29) is 17.5 Å². The molecule has 0 aliphatic carbocycles. The van der Waals surface area contributed by atoms with Crippen molar-refractivity contribution in [1.82, 2.24) is 4.98 Å². The predicted molar refractivity (Wildman–Crippen MR) is 88.0 cm³/mol. The molecule has 0 aliphatic heterocycles. The summed E-state index contributed by atoms with van der Waals surface area (Å²) in [6.45, 7) is 2.33. The predicted octanol–water partition coefficient (Wildman–Crippen LogP) is 4.11. The van der Waals surface area contributed by atoms with E-state index in [0.717, 1.165) is 30.6 Å². The van der Waals surface area contributed by atoms with E-state index >= 15 is 0 Å². The van der Waals surface area contributed by atoms with Gasteiger partial charge in [-0.2, -0.15) is 0 Å². The third kappa shape index (κ3) is 6.06. The molecule has 4 nitrogen and oxygen atoms in total. The van der Waals surface area contributed by atoms with E-state index in [9.17, 15) is 9.18 Å². The summed E-state index contributed by atoms with van der Waals surface area (Å²) in [4.78, 5) is 15.9. The van der Waals surface area contributed by atoms with Crippen LogP contribution in [0.3, 0.4) is 0 Å². The molecule has 0 radical (unpaired) electrons. The number of para-hydroxylation sites is 1. The second kappa shape index (κ2) is 8.88. The molecule has 0 saturated carbocycles. The maximum Gasteiger partial charge on any atom is 0.224 e. The Labute approximate surface area is 135 Å². The van der Waals surface area contributed by atoms with Gasteiger partial charge in [-0.3, -0.25) is 9.78 Å². The van der Waals surface area contributed by atoms with Crippen LogP contribution >= 0.6 is 0 Å². The van der Waals surface area contributed by atoms with Crippen molar-refractivity contribution in [1.29, 1.82) is 0 Å². The Morgan fingerprint density at radius 1 is 1.22 bits per heavy atom. The van der Waals surface area contributed by atoms with Gasteiger partial charge >= 0.3 is 0 Å². The number of hydrogen-bond acceptors (Lipinski definition) is 3. The van der Waals surface area contributed by atoms with E-state index in [2.05, 4.69) is 10.3 Å². The van der Waals surface area contributed by atoms with Crippen LogP contribution in [-0.4, -0.2) is 17.5 Å². The number of aryl methyl sites for hydroxylation is 1. The van der Waals surface area contributed by atoms with E-state index < -0.39 is 0 Å². The Morgan fingerprint density at radius 3 is 2.83 bits per heavy atom. The minimum atomic E-state index is -0.348. The lowest BCUT2D eigenvalue weighted by atomic mass is 10.2. The minimum Gasteiger partial charge on any atom is -0.491 e. The zero-order valence-corrected chi connectivity index (χ0v) is 13.2. The number of unbranched alkanes of at least 4 members (excludes halogenated alkanes) is 2. The summed E-state index contributed by atoms with van der Waals surface area (Å²) in [6.07, 6.45) is 4.55. The molecule has 1 aromatic heterocycles. The highest BCUT2D eigenvalue weighted by Crippen LogP contribution is 2.16. The van der Waals surface area contributed by atoms with Crippen LogP contribution in [0.5, 0.6) is 5.75 Å². The number of anilines is 1. The van der Waals surface area contributed by atoms with Gasteiger partial charge < -0.3 is 10.1 Å². The average molecular weight is 316 g/mol. The van der Waals surface area contributed by atoms with Crippen molar-refractivity contribution in [3.8, 4) is 5.75 Å². The molecule has 23 heavy (non-hydrogen) atoms. The van der Waals surface area contributed by atoms with Crippen LogP contribution in [0.15, 0.2) is 42.6 Å². The van der Waals surface area contributed by atoms with Gasteiger partial charge in [0.2, 0.25) is 5.91 Å². The van der Waals surface area contributed by atoms with Crippen LogP contribution in [0, 0.1) is 12.7 Å². The molecule has 0 atom stereocenters. The number of halogens is 1. The normalized spacial score (nSPS) is 10.3. The topological polar surface area (TPSA) is 51.2 Å². The second-order valence-corrected chi connectivity index (χ2v) is 5.32. The Morgan fingerprint density at radius 2 is 2.04 bits per heavy atom. The highest BCUT2D eigenvalue weighted by Gasteiger charge is 2.04. The van der Waals surface area contributed by atoms with E-state index in [1.165, 1.54) is 6.07 Å². The highest BCUT2D eigenvalue weighted by atomic mass is 19.1. The molecule has 0 fully saturated rings. The SMILES string of the molecule is Cc1cc(NC(=O)CCCCCOc2ccccc2F)ccn1. The van der Waals surface area contributed by atoms with E-state index in [0.29, 0.717) is 13.0 Å². The van der Waals surface area contributed by atoms with Gasteiger partial charge in [0.1, 0.15) is 0 Å². The molecule has 5 heteroatoms. The monoisotopic (exact) mass is 316 g/mol. The number of carbonyl (C=O) groups excluding carboxylic acids is 1. The van der Waals surface area contributed by atoms with Gasteiger partial charge in [0, 0.05) is 24.0 Å². The molecule has 2 rings (SSSR count). The number of ether oxygens (including phenoxy) is 1. The van der Waals surface area contributed by atoms with Crippen LogP contribution in [0.25, 0.3) is 0 Å². The Bertz CT molecular complexity index is 646. The number of rotatable bonds is 8. The molecule has 0 unspecified atom stereocenters. The van der Waals surface area contributed by atoms with E-state index in [4.69, 9.17) is 4.74 Å². The molecule has 0 bridgehead atoms. The van der Waals surface area contributed by atoms with Crippen LogP contribution in [-0.2, 0) is 4.79 Å². The number of nitrogens with one attached hydrogen (secondary N) is 1. The zero-order valence-electron chi connectivity index (χ0n) is 13.2. The smallest absolute Gasteiger partial charge is 0.224 e. The number of nitrogens with zero attached hydrogens (tertiary/aromatic N) is 1. The fraction of sp³-hybridized carbons (Fsp3) is 0.333. The minimum absolute atomic E-state index is 0.00868. The summed E-state index contributed by atoms with van der Waals surface area (Å²) < 4.78 is 18.7. The lowest BCUT2D eigenvalue weighted by molar-refractivity contribution is -0.116. The molecule has 0 spiro atoms. The largest absolute Gasteiger partial charge is 0.491 e. The van der Waals surface area contributed by atoms with Gasteiger partial charge in [-0.15, -0.1) is 0 Å². The fourth-order valence-corrected chi connectivity index (χ4v) is 2.16. The number of pyridine rings is 1. The summed E-state index contributed by atoms with van der Waals surface area (Å²) in [6, 6.07) is 9.96. The molecule has 2 aromatic rings. The third-order valence-corrected chi connectivity index (χ3v) is 3.32. The third-order valence-electron chi connectivity index (χ3n) is 3.32. The summed E-state index contributed by atoms with van der Waals surface area (Å²) >= 11 is 0. The number of aromatic nitrogens is 1. The fourth-order valence-electron chi connectivity index (χ4n) is 2.16. The first kappa shape index (κ1) is 16.9. The Balaban J connectivity index is 1.58. The van der Waals surface area contributed by atoms with Crippen molar-refractivity contribution < 1.29 is 13.9 Å². The van der Waals surface area contributed by atoms with Gasteiger partial charge in [-0.1, -0.05) is 12.1 Å². The summed E-state index contributed by atoms with van der Waals surface area (Å²) in [5, 5.41) is 2.85. The van der Waals surface area contributed by atoms with E-state index in [1.54, 1.807) is 30.5 Å². The van der Waals surface area contributed by atoms with Crippen LogP contribution in [0.2, 0.25) is 0 Å². The standard InChI is InChI=1S/C18H21FN2O2/c1-14-13-15(10-11-20-14)21-18(22)9-3-2-6-12-23-17-8-5-4-7-16(17)19/h4-5,7-8,10-11,13H,2-3,6,9,12H2,1H3,(H,20,21,22). The van der Waals surface area contributed by atoms with Crippen LogP contribution in [0.1, 0.15) is 31.4 Å². The summed E-state index contributed by atoms with van der Waals surface area (Å²) in [7, 11) is 0. The quantitative estimate of drug-likeness (QED) is 0.746. The molecule has 1 N–H and O–H groups in total. The zero-order chi connectivity index (χ0) is 16.5. The molecule has 122 valence electrons. The maximum absolute atomic E-state index is 13.3. The van der Waals surface area contributed by atoms with Crippen molar-refractivity contribution >= 4 is 11.6 Å². The molecular formula is C18H21FN2O2. The van der Waals surface area contributed by atoms with Crippen molar-refractivity contribution in [2.45, 2.75) is 32.6 Å². The number of benzene rings is 1. The molecule has 1 amide bonds. The van der Waals surface area contributed by atoms with Crippen molar-refractivity contribution in [3.05, 3.63) is 54.1 Å². The first-order valence-corrected chi connectivity index (χ1v) is 7.75.